The number of carbonyl (C=O) groups is 1. The predicted molar refractivity (Wildman–Crippen MR) is 85.6 cm³/mol. The van der Waals surface area contributed by atoms with Gasteiger partial charge in [0.25, 0.3) is 0 Å². The normalized spacial score (nSPS) is 14.1. The summed E-state index contributed by atoms with van der Waals surface area (Å²) in [6.45, 7) is 6.42. The smallest absolute Gasteiger partial charge is 0.137 e. The summed E-state index contributed by atoms with van der Waals surface area (Å²) in [6, 6.07) is 10.4. The molecule has 2 atom stereocenters. The Morgan fingerprint density at radius 1 is 1.21 bits per heavy atom. The summed E-state index contributed by atoms with van der Waals surface area (Å²) in [5.74, 6) is 1.68. The zero-order valence-corrected chi connectivity index (χ0v) is 13.2. The van der Waals surface area contributed by atoms with E-state index in [-0.39, 0.29) is 5.92 Å². The fraction of sp³-hybridized carbons (Fsp3) is 0.588. The molecule has 0 fully saturated rings. The Hall–Kier alpha value is -0.760. The maximum atomic E-state index is 12.3. The van der Waals surface area contributed by atoms with Crippen LogP contribution >= 0.6 is 11.8 Å². The van der Waals surface area contributed by atoms with Crippen molar-refractivity contribution in [3.05, 3.63) is 35.9 Å². The molecule has 1 nitrogen and oxygen atoms in total. The first-order valence-electron chi connectivity index (χ1n) is 7.38. The Balaban J connectivity index is 2.61. The van der Waals surface area contributed by atoms with Crippen molar-refractivity contribution in [2.45, 2.75) is 51.7 Å². The second kappa shape index (κ2) is 9.19. The minimum absolute atomic E-state index is 0.212. The number of Topliss-reactive ketones (excluding diaryl/α,β-unsaturated/α-hetero) is 1. The third kappa shape index (κ3) is 5.82. The topological polar surface area (TPSA) is 17.1 Å². The number of rotatable bonds is 9. The maximum Gasteiger partial charge on any atom is 0.137 e. The SMILES string of the molecule is CCCCC(C)C(=O)CC(SCC)c1ccccc1. The molecule has 1 aromatic rings. The molecule has 106 valence electrons. The first-order chi connectivity index (χ1) is 9.19. The summed E-state index contributed by atoms with van der Waals surface area (Å²) in [7, 11) is 0. The van der Waals surface area contributed by atoms with Gasteiger partial charge in [-0.25, -0.2) is 0 Å². The number of carbonyl (C=O) groups excluding carboxylic acids is 1. The van der Waals surface area contributed by atoms with Crippen LogP contribution in [0.4, 0.5) is 0 Å². The third-order valence-electron chi connectivity index (χ3n) is 3.47. The van der Waals surface area contributed by atoms with Crippen molar-refractivity contribution in [1.29, 1.82) is 0 Å². The highest BCUT2D eigenvalue weighted by Crippen LogP contribution is 2.33. The van der Waals surface area contributed by atoms with Crippen LogP contribution in [-0.2, 0) is 4.79 Å². The van der Waals surface area contributed by atoms with E-state index >= 15 is 0 Å². The van der Waals surface area contributed by atoms with Crippen LogP contribution in [0.15, 0.2) is 30.3 Å². The summed E-state index contributed by atoms with van der Waals surface area (Å²) >= 11 is 1.88. The third-order valence-corrected chi connectivity index (χ3v) is 4.64. The molecule has 2 unspecified atom stereocenters. The van der Waals surface area contributed by atoms with E-state index in [1.165, 1.54) is 12.0 Å². The van der Waals surface area contributed by atoms with E-state index < -0.39 is 0 Å². The zero-order valence-electron chi connectivity index (χ0n) is 12.4. The van der Waals surface area contributed by atoms with Crippen LogP contribution in [0.25, 0.3) is 0 Å². The second-order valence-corrected chi connectivity index (χ2v) is 6.55. The molecule has 0 spiro atoms. The van der Waals surface area contributed by atoms with Crippen LogP contribution in [0, 0.1) is 5.92 Å². The Morgan fingerprint density at radius 3 is 2.47 bits per heavy atom. The fourth-order valence-corrected chi connectivity index (χ4v) is 3.23. The molecule has 0 radical (unpaired) electrons. The van der Waals surface area contributed by atoms with Gasteiger partial charge in [-0.2, -0.15) is 11.8 Å². The van der Waals surface area contributed by atoms with Gasteiger partial charge >= 0.3 is 0 Å². The quantitative estimate of drug-likeness (QED) is 0.612. The molecule has 2 heteroatoms. The van der Waals surface area contributed by atoms with Crippen molar-refractivity contribution in [1.82, 2.24) is 0 Å². The Labute approximate surface area is 122 Å². The molecule has 0 aromatic heterocycles. The van der Waals surface area contributed by atoms with Gasteiger partial charge in [-0.3, -0.25) is 4.79 Å². The maximum absolute atomic E-state index is 12.3. The lowest BCUT2D eigenvalue weighted by Crippen LogP contribution is -2.14. The summed E-state index contributed by atoms with van der Waals surface area (Å²) in [5.41, 5.74) is 1.28. The van der Waals surface area contributed by atoms with Crippen molar-refractivity contribution in [3.63, 3.8) is 0 Å². The average molecular weight is 278 g/mol. The van der Waals surface area contributed by atoms with Gasteiger partial charge in [-0.05, 0) is 17.7 Å². The van der Waals surface area contributed by atoms with Crippen LogP contribution in [-0.4, -0.2) is 11.5 Å². The predicted octanol–water partition coefficient (Wildman–Crippen LogP) is 5.27. The van der Waals surface area contributed by atoms with Gasteiger partial charge in [0, 0.05) is 17.6 Å². The van der Waals surface area contributed by atoms with Crippen LogP contribution < -0.4 is 0 Å². The van der Waals surface area contributed by atoms with Gasteiger partial charge in [0.05, 0.1) is 0 Å². The highest BCUT2D eigenvalue weighted by atomic mass is 32.2. The summed E-state index contributed by atoms with van der Waals surface area (Å²) < 4.78 is 0. The fourth-order valence-electron chi connectivity index (χ4n) is 2.20. The molecule has 0 bridgehead atoms. The Morgan fingerprint density at radius 2 is 1.89 bits per heavy atom. The molecule has 0 saturated heterocycles. The molecular weight excluding hydrogens is 252 g/mol. The van der Waals surface area contributed by atoms with Gasteiger partial charge in [-0.1, -0.05) is 63.9 Å². The largest absolute Gasteiger partial charge is 0.299 e. The number of ketones is 1. The van der Waals surface area contributed by atoms with Crippen LogP contribution in [0.2, 0.25) is 0 Å². The average Bonchev–Trinajstić information content (AvgIpc) is 2.45. The lowest BCUT2D eigenvalue weighted by Gasteiger charge is -2.18. The molecule has 0 aliphatic rings. The summed E-state index contributed by atoms with van der Waals surface area (Å²) in [5, 5.41) is 0.322. The summed E-state index contributed by atoms with van der Waals surface area (Å²) in [6.07, 6.45) is 4.04. The summed E-state index contributed by atoms with van der Waals surface area (Å²) in [4.78, 5) is 12.3. The standard InChI is InChI=1S/C17H26OS/c1-4-6-10-14(3)16(18)13-17(19-5-2)15-11-8-7-9-12-15/h7-9,11-12,14,17H,4-6,10,13H2,1-3H3. The van der Waals surface area contributed by atoms with E-state index in [0.29, 0.717) is 17.5 Å². The second-order valence-electron chi connectivity index (χ2n) is 5.07. The van der Waals surface area contributed by atoms with E-state index in [9.17, 15) is 4.79 Å². The van der Waals surface area contributed by atoms with Crippen molar-refractivity contribution in [2.24, 2.45) is 5.92 Å². The minimum Gasteiger partial charge on any atom is -0.299 e. The lowest BCUT2D eigenvalue weighted by atomic mass is 9.95. The minimum atomic E-state index is 0.212. The molecule has 0 aliphatic carbocycles. The molecule has 0 N–H and O–H groups in total. The molecule has 0 saturated carbocycles. The van der Waals surface area contributed by atoms with Crippen molar-refractivity contribution in [2.75, 3.05) is 5.75 Å². The molecule has 1 rings (SSSR count). The highest BCUT2D eigenvalue weighted by molar-refractivity contribution is 7.99. The monoisotopic (exact) mass is 278 g/mol. The van der Waals surface area contributed by atoms with Gasteiger partial charge in [0.1, 0.15) is 5.78 Å². The van der Waals surface area contributed by atoms with Crippen molar-refractivity contribution < 1.29 is 4.79 Å². The number of unbranched alkanes of at least 4 members (excludes halogenated alkanes) is 1. The molecule has 0 amide bonds. The molecule has 0 heterocycles. The van der Waals surface area contributed by atoms with Crippen LogP contribution in [0.5, 0.6) is 0 Å². The van der Waals surface area contributed by atoms with Crippen molar-refractivity contribution >= 4 is 17.5 Å². The van der Waals surface area contributed by atoms with E-state index in [1.54, 1.807) is 0 Å². The van der Waals surface area contributed by atoms with E-state index in [4.69, 9.17) is 0 Å². The number of hydrogen-bond donors (Lipinski definition) is 0. The first-order valence-corrected chi connectivity index (χ1v) is 8.43. The van der Waals surface area contributed by atoms with Gasteiger partial charge in [0.15, 0.2) is 0 Å². The Kier molecular flexibility index (Phi) is 7.88. The van der Waals surface area contributed by atoms with E-state index in [1.807, 2.05) is 17.8 Å². The van der Waals surface area contributed by atoms with Crippen LogP contribution in [0.3, 0.4) is 0 Å². The lowest BCUT2D eigenvalue weighted by molar-refractivity contribution is -0.122. The van der Waals surface area contributed by atoms with Gasteiger partial charge in [0.2, 0.25) is 0 Å². The molecule has 0 aliphatic heterocycles. The molecule has 19 heavy (non-hydrogen) atoms. The first kappa shape index (κ1) is 16.3. The Bertz CT molecular complexity index is 361. The van der Waals surface area contributed by atoms with Gasteiger partial charge < -0.3 is 0 Å². The number of benzene rings is 1. The molecular formula is C17H26OS. The molecule has 1 aromatic carbocycles. The van der Waals surface area contributed by atoms with Crippen LogP contribution in [0.1, 0.15) is 57.3 Å². The van der Waals surface area contributed by atoms with E-state index in [2.05, 4.69) is 45.0 Å². The number of thioether (sulfide) groups is 1. The van der Waals surface area contributed by atoms with E-state index in [0.717, 1.165) is 18.6 Å². The highest BCUT2D eigenvalue weighted by Gasteiger charge is 2.19. The zero-order chi connectivity index (χ0) is 14.1. The van der Waals surface area contributed by atoms with Gasteiger partial charge in [-0.15, -0.1) is 0 Å². The number of hydrogen-bond acceptors (Lipinski definition) is 2. The van der Waals surface area contributed by atoms with Crippen molar-refractivity contribution in [3.8, 4) is 0 Å².